The Morgan fingerprint density at radius 2 is 1.94 bits per heavy atom. The van der Waals surface area contributed by atoms with Crippen LogP contribution in [0.25, 0.3) is 11.5 Å². The first kappa shape index (κ1) is 12.5. The normalized spacial score (nSPS) is 10.9. The molecule has 4 nitrogen and oxygen atoms in total. The van der Waals surface area contributed by atoms with Crippen LogP contribution in [0.5, 0.6) is 0 Å². The molecule has 0 aliphatic carbocycles. The summed E-state index contributed by atoms with van der Waals surface area (Å²) in [5.74, 6) is 0.215. The average Bonchev–Trinajstić information content (AvgIpc) is 2.77. The van der Waals surface area contributed by atoms with E-state index >= 15 is 0 Å². The van der Waals surface area contributed by atoms with Crippen LogP contribution in [0, 0.1) is 19.8 Å². The number of nitrogens with zero attached hydrogens (tertiary/aromatic N) is 2. The van der Waals surface area contributed by atoms with Gasteiger partial charge in [-0.05, 0) is 25.5 Å². The lowest BCUT2D eigenvalue weighted by Crippen LogP contribution is -2.07. The molecule has 0 saturated carbocycles. The van der Waals surface area contributed by atoms with Crippen molar-refractivity contribution in [1.29, 1.82) is 0 Å². The molecule has 1 aromatic heterocycles. The van der Waals surface area contributed by atoms with Gasteiger partial charge in [0.1, 0.15) is 0 Å². The number of carbonyl (C=O) groups excluding carboxylic acids is 1. The maximum Gasteiger partial charge on any atom is 0.284 e. The molecule has 2 rings (SSSR count). The molecule has 0 radical (unpaired) electrons. The van der Waals surface area contributed by atoms with Gasteiger partial charge in [0.05, 0.1) is 0 Å². The number of carbonyl (C=O) groups is 1. The van der Waals surface area contributed by atoms with E-state index in [4.69, 9.17) is 4.42 Å². The lowest BCUT2D eigenvalue weighted by Gasteiger charge is -2.01. The molecular formula is C14H16N2O2. The van der Waals surface area contributed by atoms with Crippen LogP contribution in [0.15, 0.2) is 22.6 Å². The topological polar surface area (TPSA) is 56.0 Å². The first-order valence-electron chi connectivity index (χ1n) is 5.94. The van der Waals surface area contributed by atoms with Crippen LogP contribution in [0.3, 0.4) is 0 Å². The van der Waals surface area contributed by atoms with Crippen molar-refractivity contribution in [1.82, 2.24) is 10.2 Å². The van der Waals surface area contributed by atoms with E-state index < -0.39 is 0 Å². The molecule has 1 heterocycles. The molecule has 0 N–H and O–H groups in total. The number of Topliss-reactive ketones (excluding diaryl/α,β-unsaturated/α-hetero) is 1. The van der Waals surface area contributed by atoms with Gasteiger partial charge in [-0.2, -0.15) is 0 Å². The summed E-state index contributed by atoms with van der Waals surface area (Å²) < 4.78 is 5.44. The third-order valence-electron chi connectivity index (χ3n) is 2.77. The van der Waals surface area contributed by atoms with E-state index in [-0.39, 0.29) is 17.6 Å². The molecule has 4 heteroatoms. The predicted molar refractivity (Wildman–Crippen MR) is 68.4 cm³/mol. The van der Waals surface area contributed by atoms with Gasteiger partial charge in [-0.25, -0.2) is 0 Å². The second kappa shape index (κ2) is 4.72. The predicted octanol–water partition coefficient (Wildman–Crippen LogP) is 3.19. The fourth-order valence-electron chi connectivity index (χ4n) is 1.73. The number of hydrogen-bond donors (Lipinski definition) is 0. The second-order valence-corrected chi connectivity index (χ2v) is 4.75. The standard InChI is InChI=1S/C14H16N2O2/c1-8(2)12(17)14-16-15-13(18-14)11-6-5-9(3)7-10(11)4/h5-8H,1-4H3. The molecule has 0 amide bonds. The average molecular weight is 244 g/mol. The number of aryl methyl sites for hydroxylation is 2. The van der Waals surface area contributed by atoms with Crippen LogP contribution in [0.1, 0.15) is 35.7 Å². The first-order chi connectivity index (χ1) is 8.49. The SMILES string of the molecule is Cc1ccc(-c2nnc(C(=O)C(C)C)o2)c(C)c1. The van der Waals surface area contributed by atoms with E-state index in [1.54, 1.807) is 0 Å². The van der Waals surface area contributed by atoms with Crippen molar-refractivity contribution in [3.63, 3.8) is 0 Å². The van der Waals surface area contributed by atoms with Gasteiger partial charge in [0, 0.05) is 11.5 Å². The number of rotatable bonds is 3. The van der Waals surface area contributed by atoms with Crippen molar-refractivity contribution < 1.29 is 9.21 Å². The Morgan fingerprint density at radius 3 is 2.56 bits per heavy atom. The van der Waals surface area contributed by atoms with Gasteiger partial charge in [0.25, 0.3) is 5.89 Å². The van der Waals surface area contributed by atoms with E-state index in [0.717, 1.165) is 11.1 Å². The summed E-state index contributed by atoms with van der Waals surface area (Å²) in [6, 6.07) is 5.96. The molecule has 0 aliphatic heterocycles. The van der Waals surface area contributed by atoms with Crippen LogP contribution < -0.4 is 0 Å². The van der Waals surface area contributed by atoms with Gasteiger partial charge in [0.2, 0.25) is 11.7 Å². The molecule has 0 spiro atoms. The first-order valence-corrected chi connectivity index (χ1v) is 5.94. The van der Waals surface area contributed by atoms with Crippen LogP contribution in [0.4, 0.5) is 0 Å². The van der Waals surface area contributed by atoms with Crippen molar-refractivity contribution in [2.75, 3.05) is 0 Å². The minimum absolute atomic E-state index is 0.0833. The Labute approximate surface area is 106 Å². The zero-order valence-electron chi connectivity index (χ0n) is 11.0. The lowest BCUT2D eigenvalue weighted by atomic mass is 10.1. The summed E-state index contributed by atoms with van der Waals surface area (Å²) in [7, 11) is 0. The van der Waals surface area contributed by atoms with Crippen LogP contribution in [-0.4, -0.2) is 16.0 Å². The summed E-state index contributed by atoms with van der Waals surface area (Å²) in [6.45, 7) is 7.63. The maximum atomic E-state index is 11.7. The van der Waals surface area contributed by atoms with E-state index in [1.807, 2.05) is 45.9 Å². The smallest absolute Gasteiger partial charge is 0.284 e. The Morgan fingerprint density at radius 1 is 1.22 bits per heavy atom. The van der Waals surface area contributed by atoms with Gasteiger partial charge in [-0.1, -0.05) is 31.5 Å². The highest BCUT2D eigenvalue weighted by molar-refractivity contribution is 5.93. The number of aromatic nitrogens is 2. The molecule has 0 fully saturated rings. The highest BCUT2D eigenvalue weighted by atomic mass is 16.4. The summed E-state index contributed by atoms with van der Waals surface area (Å²) in [5, 5.41) is 7.75. The molecule has 94 valence electrons. The fourth-order valence-corrected chi connectivity index (χ4v) is 1.73. The molecule has 0 unspecified atom stereocenters. The Bertz CT molecular complexity index is 585. The molecule has 0 atom stereocenters. The van der Waals surface area contributed by atoms with Crippen LogP contribution in [0.2, 0.25) is 0 Å². The molecule has 0 aliphatic rings. The van der Waals surface area contributed by atoms with E-state index in [2.05, 4.69) is 10.2 Å². The number of benzene rings is 1. The molecule has 2 aromatic rings. The van der Waals surface area contributed by atoms with Gasteiger partial charge in [-0.15, -0.1) is 10.2 Å². The number of ketones is 1. The molecule has 18 heavy (non-hydrogen) atoms. The van der Waals surface area contributed by atoms with Crippen molar-refractivity contribution >= 4 is 5.78 Å². The third-order valence-corrected chi connectivity index (χ3v) is 2.77. The highest BCUT2D eigenvalue weighted by Gasteiger charge is 2.19. The van der Waals surface area contributed by atoms with Gasteiger partial charge >= 0.3 is 0 Å². The molecule has 0 bridgehead atoms. The fraction of sp³-hybridized carbons (Fsp3) is 0.357. The minimum atomic E-state index is -0.141. The van der Waals surface area contributed by atoms with Crippen molar-refractivity contribution in [3.05, 3.63) is 35.2 Å². The van der Waals surface area contributed by atoms with E-state index in [0.29, 0.717) is 5.89 Å². The summed E-state index contributed by atoms with van der Waals surface area (Å²) in [6.07, 6.45) is 0. The molecule has 1 aromatic carbocycles. The van der Waals surface area contributed by atoms with Crippen LogP contribution in [-0.2, 0) is 0 Å². The molecular weight excluding hydrogens is 228 g/mol. The Balaban J connectivity index is 2.38. The quantitative estimate of drug-likeness (QED) is 0.778. The van der Waals surface area contributed by atoms with Gasteiger partial charge in [0.15, 0.2) is 0 Å². The molecule has 0 saturated heterocycles. The van der Waals surface area contributed by atoms with Gasteiger partial charge < -0.3 is 4.42 Å². The maximum absolute atomic E-state index is 11.7. The Hall–Kier alpha value is -1.97. The largest absolute Gasteiger partial charge is 0.414 e. The highest BCUT2D eigenvalue weighted by Crippen LogP contribution is 2.23. The monoisotopic (exact) mass is 244 g/mol. The summed E-state index contributed by atoms with van der Waals surface area (Å²) >= 11 is 0. The summed E-state index contributed by atoms with van der Waals surface area (Å²) in [4.78, 5) is 11.7. The Kier molecular flexibility index (Phi) is 3.28. The third kappa shape index (κ3) is 2.32. The van der Waals surface area contributed by atoms with Gasteiger partial charge in [-0.3, -0.25) is 4.79 Å². The van der Waals surface area contributed by atoms with Crippen LogP contribution >= 0.6 is 0 Å². The van der Waals surface area contributed by atoms with Crippen molar-refractivity contribution in [2.45, 2.75) is 27.7 Å². The van der Waals surface area contributed by atoms with E-state index in [1.165, 1.54) is 5.56 Å². The zero-order chi connectivity index (χ0) is 13.3. The van der Waals surface area contributed by atoms with Crippen molar-refractivity contribution in [2.24, 2.45) is 5.92 Å². The van der Waals surface area contributed by atoms with Crippen molar-refractivity contribution in [3.8, 4) is 11.5 Å². The minimum Gasteiger partial charge on any atom is -0.414 e. The van der Waals surface area contributed by atoms with E-state index in [9.17, 15) is 4.79 Å². The summed E-state index contributed by atoms with van der Waals surface area (Å²) in [5.41, 5.74) is 3.10. The second-order valence-electron chi connectivity index (χ2n) is 4.75. The number of hydrogen-bond acceptors (Lipinski definition) is 4. The lowest BCUT2D eigenvalue weighted by molar-refractivity contribution is 0.0905. The zero-order valence-corrected chi connectivity index (χ0v) is 11.0.